The molecular formula is C17H18FN3O2S. The van der Waals surface area contributed by atoms with E-state index in [-0.39, 0.29) is 25.3 Å². The first-order chi connectivity index (χ1) is 11.4. The number of pyridine rings is 1. The zero-order valence-electron chi connectivity index (χ0n) is 13.3. The number of halogens is 1. The van der Waals surface area contributed by atoms with Gasteiger partial charge in [-0.2, -0.15) is 9.57 Å². The van der Waals surface area contributed by atoms with Crippen molar-refractivity contribution in [2.45, 2.75) is 25.6 Å². The number of nitrogens with zero attached hydrogens (tertiary/aromatic N) is 3. The molecule has 2 aromatic rings. The molecule has 7 heteroatoms. The summed E-state index contributed by atoms with van der Waals surface area (Å²) in [6.45, 7) is 1.84. The fraction of sp³-hybridized carbons (Fsp3) is 0.294. The van der Waals surface area contributed by atoms with E-state index in [2.05, 4.69) is 4.98 Å². The summed E-state index contributed by atoms with van der Waals surface area (Å²) in [6.07, 6.45) is 3.27. The maximum Gasteiger partial charge on any atom is 0.218 e. The average Bonchev–Trinajstić information content (AvgIpc) is 2.55. The Labute approximate surface area is 141 Å². The number of benzene rings is 1. The van der Waals surface area contributed by atoms with Gasteiger partial charge in [0.2, 0.25) is 10.0 Å². The maximum atomic E-state index is 13.6. The zero-order valence-corrected chi connectivity index (χ0v) is 14.1. The van der Waals surface area contributed by atoms with Crippen molar-refractivity contribution in [3.05, 3.63) is 65.2 Å². The molecule has 24 heavy (non-hydrogen) atoms. The molecule has 0 spiro atoms. The van der Waals surface area contributed by atoms with Crippen LogP contribution >= 0.6 is 0 Å². The Morgan fingerprint density at radius 1 is 1.29 bits per heavy atom. The molecule has 126 valence electrons. The van der Waals surface area contributed by atoms with E-state index in [1.165, 1.54) is 10.4 Å². The summed E-state index contributed by atoms with van der Waals surface area (Å²) >= 11 is 0. The molecule has 1 aromatic heterocycles. The van der Waals surface area contributed by atoms with Gasteiger partial charge in [0, 0.05) is 31.9 Å². The van der Waals surface area contributed by atoms with Crippen molar-refractivity contribution in [3.63, 3.8) is 0 Å². The SMILES string of the molecule is Cc1ccc(CS(=O)(=O)N(CCC#N)Cc2cccnc2)cc1F. The molecule has 0 aliphatic heterocycles. The number of sulfonamides is 1. The highest BCUT2D eigenvalue weighted by molar-refractivity contribution is 7.88. The Hall–Kier alpha value is -2.30. The van der Waals surface area contributed by atoms with Gasteiger partial charge < -0.3 is 0 Å². The Bertz CT molecular complexity index is 833. The van der Waals surface area contributed by atoms with E-state index in [4.69, 9.17) is 5.26 Å². The van der Waals surface area contributed by atoms with Crippen LogP contribution in [0.5, 0.6) is 0 Å². The van der Waals surface area contributed by atoms with Crippen molar-refractivity contribution in [1.29, 1.82) is 5.26 Å². The molecule has 0 aliphatic carbocycles. The van der Waals surface area contributed by atoms with Crippen LogP contribution < -0.4 is 0 Å². The first-order valence-electron chi connectivity index (χ1n) is 7.41. The normalized spacial score (nSPS) is 11.4. The summed E-state index contributed by atoms with van der Waals surface area (Å²) in [5.74, 6) is -0.742. The number of nitriles is 1. The second-order valence-electron chi connectivity index (χ2n) is 5.44. The van der Waals surface area contributed by atoms with Crippen molar-refractivity contribution >= 4 is 10.0 Å². The number of hydrogen-bond acceptors (Lipinski definition) is 4. The van der Waals surface area contributed by atoms with E-state index in [9.17, 15) is 12.8 Å². The van der Waals surface area contributed by atoms with Gasteiger partial charge in [0.05, 0.1) is 11.8 Å². The number of hydrogen-bond donors (Lipinski definition) is 0. The Balaban J connectivity index is 2.22. The van der Waals surface area contributed by atoms with Crippen LogP contribution in [0.15, 0.2) is 42.7 Å². The van der Waals surface area contributed by atoms with Crippen molar-refractivity contribution in [3.8, 4) is 6.07 Å². The van der Waals surface area contributed by atoms with Gasteiger partial charge in [0.25, 0.3) is 0 Å². The van der Waals surface area contributed by atoms with Crippen LogP contribution in [0.4, 0.5) is 4.39 Å². The van der Waals surface area contributed by atoms with Gasteiger partial charge in [-0.05, 0) is 35.7 Å². The molecule has 0 atom stereocenters. The van der Waals surface area contributed by atoms with E-state index >= 15 is 0 Å². The summed E-state index contributed by atoms with van der Waals surface area (Å²) < 4.78 is 40.2. The lowest BCUT2D eigenvalue weighted by atomic mass is 10.2. The van der Waals surface area contributed by atoms with Gasteiger partial charge >= 0.3 is 0 Å². The molecule has 0 aliphatic rings. The summed E-state index contributed by atoms with van der Waals surface area (Å²) in [7, 11) is -3.69. The summed E-state index contributed by atoms with van der Waals surface area (Å²) in [5, 5.41) is 8.77. The van der Waals surface area contributed by atoms with E-state index in [0.717, 1.165) is 5.56 Å². The van der Waals surface area contributed by atoms with Gasteiger partial charge in [-0.15, -0.1) is 0 Å². The molecular weight excluding hydrogens is 329 g/mol. The molecule has 1 heterocycles. The highest BCUT2D eigenvalue weighted by atomic mass is 32.2. The van der Waals surface area contributed by atoms with Crippen LogP contribution in [0, 0.1) is 24.1 Å². The van der Waals surface area contributed by atoms with Gasteiger partial charge in [-0.1, -0.05) is 18.2 Å². The molecule has 0 radical (unpaired) electrons. The summed E-state index contributed by atoms with van der Waals surface area (Å²) in [5.41, 5.74) is 1.58. The molecule has 0 bridgehead atoms. The third-order valence-electron chi connectivity index (χ3n) is 3.53. The second kappa shape index (κ2) is 7.99. The second-order valence-corrected chi connectivity index (χ2v) is 7.41. The van der Waals surface area contributed by atoms with Crippen LogP contribution in [-0.2, 0) is 22.3 Å². The van der Waals surface area contributed by atoms with Crippen LogP contribution in [0.25, 0.3) is 0 Å². The Kier molecular flexibility index (Phi) is 6.01. The molecule has 1 aromatic carbocycles. The summed E-state index contributed by atoms with van der Waals surface area (Å²) in [6, 6.07) is 9.84. The van der Waals surface area contributed by atoms with E-state index < -0.39 is 15.8 Å². The van der Waals surface area contributed by atoms with Crippen molar-refractivity contribution in [1.82, 2.24) is 9.29 Å². The number of rotatable bonds is 7. The monoisotopic (exact) mass is 347 g/mol. The molecule has 0 amide bonds. The quantitative estimate of drug-likeness (QED) is 0.772. The fourth-order valence-electron chi connectivity index (χ4n) is 2.21. The van der Waals surface area contributed by atoms with Crippen LogP contribution in [-0.4, -0.2) is 24.3 Å². The Morgan fingerprint density at radius 2 is 2.08 bits per heavy atom. The zero-order chi connectivity index (χ0) is 17.6. The predicted molar refractivity (Wildman–Crippen MR) is 88.6 cm³/mol. The van der Waals surface area contributed by atoms with E-state index in [0.29, 0.717) is 11.1 Å². The lowest BCUT2D eigenvalue weighted by Crippen LogP contribution is -2.32. The largest absolute Gasteiger partial charge is 0.264 e. The minimum atomic E-state index is -3.69. The first kappa shape index (κ1) is 18.0. The van der Waals surface area contributed by atoms with E-state index in [1.54, 1.807) is 43.6 Å². The summed E-state index contributed by atoms with van der Waals surface area (Å²) in [4.78, 5) is 3.97. The van der Waals surface area contributed by atoms with Gasteiger partial charge in [0.15, 0.2) is 0 Å². The topological polar surface area (TPSA) is 74.1 Å². The highest BCUT2D eigenvalue weighted by Crippen LogP contribution is 2.17. The average molecular weight is 347 g/mol. The predicted octanol–water partition coefficient (Wildman–Crippen LogP) is 2.77. The molecule has 0 unspecified atom stereocenters. The molecule has 0 N–H and O–H groups in total. The standard InChI is InChI=1S/C17H18FN3O2S/c1-14-5-6-15(10-17(14)18)13-24(22,23)21(9-3-7-19)12-16-4-2-8-20-11-16/h2,4-6,8,10-11H,3,9,12-13H2,1H3. The number of aryl methyl sites for hydroxylation is 1. The lowest BCUT2D eigenvalue weighted by molar-refractivity contribution is 0.412. The highest BCUT2D eigenvalue weighted by Gasteiger charge is 2.23. The van der Waals surface area contributed by atoms with E-state index in [1.807, 2.05) is 6.07 Å². The van der Waals surface area contributed by atoms with Crippen molar-refractivity contribution in [2.75, 3.05) is 6.54 Å². The minimum Gasteiger partial charge on any atom is -0.264 e. The maximum absolute atomic E-state index is 13.6. The lowest BCUT2D eigenvalue weighted by Gasteiger charge is -2.21. The molecule has 5 nitrogen and oxygen atoms in total. The van der Waals surface area contributed by atoms with Crippen LogP contribution in [0.1, 0.15) is 23.1 Å². The van der Waals surface area contributed by atoms with Crippen molar-refractivity contribution in [2.24, 2.45) is 0 Å². The minimum absolute atomic E-state index is 0.0851. The fourth-order valence-corrected chi connectivity index (χ4v) is 3.71. The first-order valence-corrected chi connectivity index (χ1v) is 9.02. The van der Waals surface area contributed by atoms with Gasteiger partial charge in [0.1, 0.15) is 5.82 Å². The molecule has 0 saturated carbocycles. The third kappa shape index (κ3) is 4.85. The smallest absolute Gasteiger partial charge is 0.218 e. The Morgan fingerprint density at radius 3 is 2.71 bits per heavy atom. The molecule has 2 rings (SSSR count). The number of aromatic nitrogens is 1. The van der Waals surface area contributed by atoms with Gasteiger partial charge in [-0.25, -0.2) is 12.8 Å². The molecule has 0 fully saturated rings. The van der Waals surface area contributed by atoms with Gasteiger partial charge in [-0.3, -0.25) is 4.98 Å². The van der Waals surface area contributed by atoms with Crippen LogP contribution in [0.2, 0.25) is 0 Å². The third-order valence-corrected chi connectivity index (χ3v) is 5.33. The molecule has 0 saturated heterocycles. The van der Waals surface area contributed by atoms with Crippen molar-refractivity contribution < 1.29 is 12.8 Å². The van der Waals surface area contributed by atoms with Crippen LogP contribution in [0.3, 0.4) is 0 Å².